The van der Waals surface area contributed by atoms with E-state index < -0.39 is 0 Å². The van der Waals surface area contributed by atoms with Crippen LogP contribution in [0.2, 0.25) is 0 Å². The quantitative estimate of drug-likeness (QED) is 0.685. The lowest BCUT2D eigenvalue weighted by molar-refractivity contribution is -0.116. The molecule has 0 unspecified atom stereocenters. The van der Waals surface area contributed by atoms with E-state index in [1.165, 1.54) is 0 Å². The van der Waals surface area contributed by atoms with Gasteiger partial charge in [-0.25, -0.2) is 0 Å². The molecule has 0 atom stereocenters. The Morgan fingerprint density at radius 2 is 2.05 bits per heavy atom. The molecule has 21 heavy (non-hydrogen) atoms. The van der Waals surface area contributed by atoms with Crippen LogP contribution in [-0.2, 0) is 9.53 Å². The number of nitrogens with two attached hydrogens (primary N) is 1. The second kappa shape index (κ2) is 9.37. The van der Waals surface area contributed by atoms with Gasteiger partial charge >= 0.3 is 0 Å². The maximum absolute atomic E-state index is 12.0. The summed E-state index contributed by atoms with van der Waals surface area (Å²) in [5.74, 6) is 0.550. The summed E-state index contributed by atoms with van der Waals surface area (Å²) in [5, 5.41) is 2.85. The van der Waals surface area contributed by atoms with E-state index in [9.17, 15) is 4.79 Å². The molecule has 0 heterocycles. The molecule has 0 aliphatic carbocycles. The first-order valence-electron chi connectivity index (χ1n) is 7.38. The third-order valence-electron chi connectivity index (χ3n) is 3.12. The topological polar surface area (TPSA) is 67.6 Å². The van der Waals surface area contributed by atoms with Crippen molar-refractivity contribution in [2.75, 3.05) is 44.4 Å². The molecule has 0 saturated heterocycles. The standard InChI is InChI=1S/C16H27N3O2/c1-13(2)12-19(10-11-21-3)9-8-16(20)18-15-7-5-4-6-14(15)17/h4-7,13H,8-12,17H2,1-3H3,(H,18,20). The molecule has 5 heteroatoms. The molecule has 118 valence electrons. The van der Waals surface area contributed by atoms with E-state index in [0.717, 1.165) is 19.6 Å². The Labute approximate surface area is 127 Å². The Balaban J connectivity index is 2.43. The highest BCUT2D eigenvalue weighted by atomic mass is 16.5. The van der Waals surface area contributed by atoms with Gasteiger partial charge in [0.15, 0.2) is 0 Å². The molecule has 0 saturated carbocycles. The fraction of sp³-hybridized carbons (Fsp3) is 0.562. The molecule has 1 rings (SSSR count). The van der Waals surface area contributed by atoms with E-state index in [4.69, 9.17) is 10.5 Å². The third-order valence-corrected chi connectivity index (χ3v) is 3.12. The van der Waals surface area contributed by atoms with Gasteiger partial charge in [0, 0.05) is 33.2 Å². The molecular weight excluding hydrogens is 266 g/mol. The van der Waals surface area contributed by atoms with Crippen molar-refractivity contribution in [1.29, 1.82) is 0 Å². The smallest absolute Gasteiger partial charge is 0.225 e. The molecule has 0 bridgehead atoms. The van der Waals surface area contributed by atoms with E-state index in [1.807, 2.05) is 18.2 Å². The normalized spacial score (nSPS) is 11.1. The highest BCUT2D eigenvalue weighted by Gasteiger charge is 2.10. The Kier molecular flexibility index (Phi) is 7.79. The Hall–Kier alpha value is -1.59. The predicted molar refractivity (Wildman–Crippen MR) is 87.3 cm³/mol. The molecule has 1 aromatic rings. The number of amides is 1. The van der Waals surface area contributed by atoms with Crippen LogP contribution in [0.15, 0.2) is 24.3 Å². The largest absolute Gasteiger partial charge is 0.397 e. The molecule has 0 aliphatic rings. The SMILES string of the molecule is COCCN(CCC(=O)Nc1ccccc1N)CC(C)C. The highest BCUT2D eigenvalue weighted by molar-refractivity contribution is 5.93. The maximum atomic E-state index is 12.0. The van der Waals surface area contributed by atoms with Gasteiger partial charge in [-0.05, 0) is 18.1 Å². The number of para-hydroxylation sites is 2. The van der Waals surface area contributed by atoms with E-state index in [0.29, 0.717) is 30.3 Å². The number of nitrogen functional groups attached to an aromatic ring is 1. The van der Waals surface area contributed by atoms with Gasteiger partial charge in [0.05, 0.1) is 18.0 Å². The number of nitrogens with one attached hydrogen (secondary N) is 1. The molecule has 0 spiro atoms. The average Bonchev–Trinajstić information content (AvgIpc) is 2.44. The van der Waals surface area contributed by atoms with Crippen LogP contribution < -0.4 is 11.1 Å². The Morgan fingerprint density at radius 3 is 2.67 bits per heavy atom. The number of methoxy groups -OCH3 is 1. The van der Waals surface area contributed by atoms with Crippen LogP contribution in [0.4, 0.5) is 11.4 Å². The van der Waals surface area contributed by atoms with E-state index in [1.54, 1.807) is 13.2 Å². The average molecular weight is 293 g/mol. The van der Waals surface area contributed by atoms with E-state index in [2.05, 4.69) is 24.1 Å². The molecule has 3 N–H and O–H groups in total. The molecule has 0 fully saturated rings. The minimum absolute atomic E-state index is 0.0147. The van der Waals surface area contributed by atoms with Crippen molar-refractivity contribution in [3.63, 3.8) is 0 Å². The molecule has 1 amide bonds. The number of carbonyl (C=O) groups excluding carboxylic acids is 1. The molecular formula is C16H27N3O2. The van der Waals surface area contributed by atoms with Gasteiger partial charge in [-0.2, -0.15) is 0 Å². The molecule has 0 radical (unpaired) electrons. The second-order valence-electron chi connectivity index (χ2n) is 5.57. The Morgan fingerprint density at radius 1 is 1.33 bits per heavy atom. The van der Waals surface area contributed by atoms with Crippen molar-refractivity contribution >= 4 is 17.3 Å². The zero-order valence-corrected chi connectivity index (χ0v) is 13.3. The lowest BCUT2D eigenvalue weighted by atomic mass is 10.2. The van der Waals surface area contributed by atoms with Gasteiger partial charge in [0.25, 0.3) is 0 Å². The van der Waals surface area contributed by atoms with E-state index >= 15 is 0 Å². The zero-order valence-electron chi connectivity index (χ0n) is 13.3. The first kappa shape index (κ1) is 17.5. The van der Waals surface area contributed by atoms with Crippen LogP contribution in [0, 0.1) is 5.92 Å². The number of hydrogen-bond acceptors (Lipinski definition) is 4. The van der Waals surface area contributed by atoms with Gasteiger partial charge in [-0.1, -0.05) is 26.0 Å². The summed E-state index contributed by atoms with van der Waals surface area (Å²) in [6.45, 7) is 7.55. The van der Waals surface area contributed by atoms with E-state index in [-0.39, 0.29) is 5.91 Å². The summed E-state index contributed by atoms with van der Waals surface area (Å²) in [4.78, 5) is 14.3. The van der Waals surface area contributed by atoms with Crippen LogP contribution in [0.1, 0.15) is 20.3 Å². The van der Waals surface area contributed by atoms with Crippen molar-refractivity contribution in [2.45, 2.75) is 20.3 Å². The van der Waals surface area contributed by atoms with Gasteiger partial charge in [-0.15, -0.1) is 0 Å². The lowest BCUT2D eigenvalue weighted by Gasteiger charge is -2.23. The fourth-order valence-electron chi connectivity index (χ4n) is 2.11. The van der Waals surface area contributed by atoms with Crippen molar-refractivity contribution in [3.05, 3.63) is 24.3 Å². The minimum Gasteiger partial charge on any atom is -0.397 e. The lowest BCUT2D eigenvalue weighted by Crippen LogP contribution is -2.33. The van der Waals surface area contributed by atoms with Gasteiger partial charge in [0.2, 0.25) is 5.91 Å². The van der Waals surface area contributed by atoms with Gasteiger partial charge in [0.1, 0.15) is 0 Å². The number of ether oxygens (including phenoxy) is 1. The molecule has 1 aromatic carbocycles. The van der Waals surface area contributed by atoms with Crippen LogP contribution in [-0.4, -0.2) is 44.2 Å². The summed E-state index contributed by atoms with van der Waals surface area (Å²) in [6, 6.07) is 7.29. The minimum atomic E-state index is -0.0147. The van der Waals surface area contributed by atoms with Crippen molar-refractivity contribution in [3.8, 4) is 0 Å². The van der Waals surface area contributed by atoms with Crippen LogP contribution in [0.5, 0.6) is 0 Å². The fourth-order valence-corrected chi connectivity index (χ4v) is 2.11. The molecule has 0 aliphatic heterocycles. The van der Waals surface area contributed by atoms with Crippen molar-refractivity contribution in [2.24, 2.45) is 5.92 Å². The summed E-state index contributed by atoms with van der Waals surface area (Å²) in [5.41, 5.74) is 7.08. The first-order chi connectivity index (χ1) is 10.0. The monoisotopic (exact) mass is 293 g/mol. The summed E-state index contributed by atoms with van der Waals surface area (Å²) in [7, 11) is 1.69. The van der Waals surface area contributed by atoms with Crippen LogP contribution in [0.3, 0.4) is 0 Å². The number of nitrogens with zero attached hydrogens (tertiary/aromatic N) is 1. The summed E-state index contributed by atoms with van der Waals surface area (Å²) < 4.78 is 5.11. The van der Waals surface area contributed by atoms with Gasteiger partial charge < -0.3 is 20.7 Å². The third kappa shape index (κ3) is 7.11. The first-order valence-corrected chi connectivity index (χ1v) is 7.38. The highest BCUT2D eigenvalue weighted by Crippen LogP contribution is 2.16. The summed E-state index contributed by atoms with van der Waals surface area (Å²) >= 11 is 0. The van der Waals surface area contributed by atoms with Crippen LogP contribution in [0.25, 0.3) is 0 Å². The molecule has 0 aromatic heterocycles. The van der Waals surface area contributed by atoms with Crippen molar-refractivity contribution < 1.29 is 9.53 Å². The predicted octanol–water partition coefficient (Wildman–Crippen LogP) is 2.20. The number of rotatable bonds is 9. The number of anilines is 2. The Bertz CT molecular complexity index is 435. The maximum Gasteiger partial charge on any atom is 0.225 e. The molecule has 5 nitrogen and oxygen atoms in total. The zero-order chi connectivity index (χ0) is 15.7. The number of hydrogen-bond donors (Lipinski definition) is 2. The number of carbonyl (C=O) groups is 1. The second-order valence-corrected chi connectivity index (χ2v) is 5.57. The van der Waals surface area contributed by atoms with Gasteiger partial charge in [-0.3, -0.25) is 4.79 Å². The van der Waals surface area contributed by atoms with Crippen molar-refractivity contribution in [1.82, 2.24) is 4.90 Å². The summed E-state index contributed by atoms with van der Waals surface area (Å²) in [6.07, 6.45) is 0.449. The van der Waals surface area contributed by atoms with Crippen LogP contribution >= 0.6 is 0 Å². The number of benzene rings is 1.